The minimum atomic E-state index is 0.271. The maximum atomic E-state index is 11.2. The summed E-state index contributed by atoms with van der Waals surface area (Å²) < 4.78 is 0.756. The number of pyridine rings is 1. The highest BCUT2D eigenvalue weighted by atomic mass is 35.5. The molecule has 0 unspecified atom stereocenters. The molecule has 0 amide bonds. The van der Waals surface area contributed by atoms with Crippen LogP contribution in [-0.4, -0.2) is 0 Å². The minimum absolute atomic E-state index is 0.271. The van der Waals surface area contributed by atoms with Crippen molar-refractivity contribution < 1.29 is 4.73 Å². The molecule has 0 aliphatic heterocycles. The second-order valence-electron chi connectivity index (χ2n) is 2.68. The van der Waals surface area contributed by atoms with Gasteiger partial charge in [0.05, 0.1) is 0 Å². The summed E-state index contributed by atoms with van der Waals surface area (Å²) in [7, 11) is 0. The Labute approximate surface area is 71.0 Å². The van der Waals surface area contributed by atoms with Crippen molar-refractivity contribution in [2.75, 3.05) is 0 Å². The Kier molecular flexibility index (Phi) is 2.05. The summed E-state index contributed by atoms with van der Waals surface area (Å²) in [5.41, 5.74) is 2.47. The van der Waals surface area contributed by atoms with Crippen molar-refractivity contribution in [2.45, 2.75) is 20.8 Å². The molecular formula is C8H10ClNO. The molecule has 0 N–H and O–H groups in total. The molecule has 60 valence electrons. The molecule has 0 aliphatic carbocycles. The van der Waals surface area contributed by atoms with Crippen LogP contribution >= 0.6 is 11.6 Å². The van der Waals surface area contributed by atoms with E-state index < -0.39 is 0 Å². The molecule has 1 heterocycles. The smallest absolute Gasteiger partial charge is 0.289 e. The first-order valence-electron chi connectivity index (χ1n) is 3.40. The number of aryl methyl sites for hydroxylation is 2. The predicted octanol–water partition coefficient (Wildman–Crippen LogP) is 1.90. The summed E-state index contributed by atoms with van der Waals surface area (Å²) in [6.07, 6.45) is 0. The molecule has 0 saturated heterocycles. The van der Waals surface area contributed by atoms with Gasteiger partial charge in [-0.15, -0.1) is 0 Å². The fraction of sp³-hybridized carbons (Fsp3) is 0.375. The molecule has 0 spiro atoms. The van der Waals surface area contributed by atoms with Crippen LogP contribution in [0.5, 0.6) is 0 Å². The van der Waals surface area contributed by atoms with Gasteiger partial charge in [0.15, 0.2) is 5.69 Å². The lowest BCUT2D eigenvalue weighted by molar-refractivity contribution is -0.610. The van der Waals surface area contributed by atoms with Crippen LogP contribution in [0.2, 0.25) is 5.15 Å². The summed E-state index contributed by atoms with van der Waals surface area (Å²) in [6, 6.07) is 1.91. The van der Waals surface area contributed by atoms with Gasteiger partial charge in [0.25, 0.3) is 5.15 Å². The van der Waals surface area contributed by atoms with Crippen molar-refractivity contribution in [3.8, 4) is 0 Å². The van der Waals surface area contributed by atoms with Crippen molar-refractivity contribution >= 4 is 11.6 Å². The van der Waals surface area contributed by atoms with Crippen molar-refractivity contribution in [3.63, 3.8) is 0 Å². The number of hydrogen-bond acceptors (Lipinski definition) is 1. The molecule has 0 radical (unpaired) electrons. The number of rotatable bonds is 0. The second-order valence-corrected chi connectivity index (χ2v) is 3.04. The summed E-state index contributed by atoms with van der Waals surface area (Å²) in [6.45, 7) is 5.48. The fourth-order valence-electron chi connectivity index (χ4n) is 0.956. The number of hydrogen-bond donors (Lipinski definition) is 0. The molecule has 0 fully saturated rings. The molecule has 0 aliphatic rings. The lowest BCUT2D eigenvalue weighted by Gasteiger charge is -2.06. The van der Waals surface area contributed by atoms with Gasteiger partial charge in [0, 0.05) is 18.1 Å². The monoisotopic (exact) mass is 171 g/mol. The van der Waals surface area contributed by atoms with Crippen molar-refractivity contribution in [2.24, 2.45) is 0 Å². The summed E-state index contributed by atoms with van der Waals surface area (Å²) in [5, 5.41) is 11.5. The molecular weight excluding hydrogens is 162 g/mol. The van der Waals surface area contributed by atoms with Crippen LogP contribution < -0.4 is 4.73 Å². The van der Waals surface area contributed by atoms with E-state index in [0.717, 1.165) is 15.9 Å². The third-order valence-electron chi connectivity index (χ3n) is 1.81. The van der Waals surface area contributed by atoms with Crippen molar-refractivity contribution in [1.82, 2.24) is 0 Å². The maximum Gasteiger partial charge on any atom is 0.289 e. The summed E-state index contributed by atoms with van der Waals surface area (Å²) >= 11 is 5.71. The van der Waals surface area contributed by atoms with Crippen molar-refractivity contribution in [3.05, 3.63) is 33.2 Å². The van der Waals surface area contributed by atoms with Gasteiger partial charge in [-0.05, 0) is 31.5 Å². The average molecular weight is 172 g/mol. The zero-order valence-corrected chi connectivity index (χ0v) is 7.57. The average Bonchev–Trinajstić information content (AvgIpc) is 1.97. The molecule has 0 bridgehead atoms. The van der Waals surface area contributed by atoms with Crippen molar-refractivity contribution in [1.29, 1.82) is 0 Å². The SMILES string of the molecule is Cc1cc(C)c(Cl)[n+]([O-])c1C. The van der Waals surface area contributed by atoms with Gasteiger partial charge in [-0.1, -0.05) is 0 Å². The molecule has 11 heavy (non-hydrogen) atoms. The fourth-order valence-corrected chi connectivity index (χ4v) is 1.14. The minimum Gasteiger partial charge on any atom is -0.617 e. The summed E-state index contributed by atoms with van der Waals surface area (Å²) in [4.78, 5) is 0. The van der Waals surface area contributed by atoms with E-state index >= 15 is 0 Å². The Morgan fingerprint density at radius 3 is 2.36 bits per heavy atom. The van der Waals surface area contributed by atoms with Crippen LogP contribution in [0.1, 0.15) is 16.8 Å². The van der Waals surface area contributed by atoms with E-state index in [2.05, 4.69) is 0 Å². The third kappa shape index (κ3) is 1.31. The van der Waals surface area contributed by atoms with Crippen LogP contribution in [0.4, 0.5) is 0 Å². The highest BCUT2D eigenvalue weighted by Gasteiger charge is 2.11. The molecule has 2 nitrogen and oxygen atoms in total. The Morgan fingerprint density at radius 2 is 1.82 bits per heavy atom. The zero-order valence-electron chi connectivity index (χ0n) is 6.81. The molecule has 1 aromatic heterocycles. The first-order valence-corrected chi connectivity index (χ1v) is 3.77. The molecule has 0 saturated carbocycles. The molecule has 0 atom stereocenters. The van der Waals surface area contributed by atoms with Crippen LogP contribution in [0.25, 0.3) is 0 Å². The number of aromatic nitrogens is 1. The van der Waals surface area contributed by atoms with Gasteiger partial charge in [-0.3, -0.25) is 0 Å². The molecule has 1 rings (SSSR count). The van der Waals surface area contributed by atoms with Crippen LogP contribution in [0.3, 0.4) is 0 Å². The Balaban J connectivity index is 3.46. The topological polar surface area (TPSA) is 26.9 Å². The van der Waals surface area contributed by atoms with Gasteiger partial charge in [0.2, 0.25) is 0 Å². The molecule has 3 heteroatoms. The van der Waals surface area contributed by atoms with Crippen LogP contribution in [0, 0.1) is 26.0 Å². The van der Waals surface area contributed by atoms with Gasteiger partial charge < -0.3 is 5.21 Å². The van der Waals surface area contributed by atoms with E-state index in [1.165, 1.54) is 0 Å². The zero-order chi connectivity index (χ0) is 8.59. The summed E-state index contributed by atoms with van der Waals surface area (Å²) in [5.74, 6) is 0. The molecule has 1 aromatic rings. The van der Waals surface area contributed by atoms with Crippen LogP contribution in [0.15, 0.2) is 6.07 Å². The first kappa shape index (κ1) is 8.34. The van der Waals surface area contributed by atoms with Gasteiger partial charge in [0.1, 0.15) is 0 Å². The highest BCUT2D eigenvalue weighted by molar-refractivity contribution is 6.29. The Morgan fingerprint density at radius 1 is 1.27 bits per heavy atom. The van der Waals surface area contributed by atoms with Gasteiger partial charge >= 0.3 is 0 Å². The van der Waals surface area contributed by atoms with E-state index in [-0.39, 0.29) is 5.15 Å². The Hall–Kier alpha value is -0.760. The lowest BCUT2D eigenvalue weighted by Crippen LogP contribution is -2.33. The van der Waals surface area contributed by atoms with E-state index in [9.17, 15) is 5.21 Å². The third-order valence-corrected chi connectivity index (χ3v) is 2.26. The number of nitrogens with zero attached hydrogens (tertiary/aromatic N) is 1. The largest absolute Gasteiger partial charge is 0.617 e. The second kappa shape index (κ2) is 2.70. The lowest BCUT2D eigenvalue weighted by atomic mass is 10.2. The van der Waals surface area contributed by atoms with E-state index in [1.807, 2.05) is 19.9 Å². The van der Waals surface area contributed by atoms with E-state index in [1.54, 1.807) is 6.92 Å². The molecule has 0 aromatic carbocycles. The standard InChI is InChI=1S/C8H10ClNO/c1-5-4-6(2)8(9)10(11)7(5)3/h4H,1-3H3. The number of halogens is 1. The normalized spacial score (nSPS) is 10.2. The van der Waals surface area contributed by atoms with E-state index in [0.29, 0.717) is 5.69 Å². The first-order chi connectivity index (χ1) is 5.04. The van der Waals surface area contributed by atoms with E-state index in [4.69, 9.17) is 11.6 Å². The maximum absolute atomic E-state index is 11.2. The van der Waals surface area contributed by atoms with Crippen LogP contribution in [-0.2, 0) is 0 Å². The van der Waals surface area contributed by atoms with Gasteiger partial charge in [-0.2, -0.15) is 4.73 Å². The van der Waals surface area contributed by atoms with Gasteiger partial charge in [-0.25, -0.2) is 0 Å². The Bertz CT molecular complexity index is 270. The highest BCUT2D eigenvalue weighted by Crippen LogP contribution is 2.13. The quantitative estimate of drug-likeness (QED) is 0.333. The predicted molar refractivity (Wildman–Crippen MR) is 44.6 cm³/mol.